The molecule has 0 bridgehead atoms. The van der Waals surface area contributed by atoms with E-state index in [0.717, 1.165) is 17.0 Å². The van der Waals surface area contributed by atoms with Gasteiger partial charge in [0.1, 0.15) is 6.54 Å². The number of carbonyl (C=O) groups is 2. The van der Waals surface area contributed by atoms with Crippen molar-refractivity contribution in [3.8, 4) is 0 Å². The van der Waals surface area contributed by atoms with E-state index >= 15 is 0 Å². The van der Waals surface area contributed by atoms with Crippen LogP contribution in [0, 0.1) is 13.8 Å². The maximum Gasteiger partial charge on any atom is 0.251 e. The highest BCUT2D eigenvalue weighted by atomic mass is 16.5. The third kappa shape index (κ3) is 4.42. The fourth-order valence-electron chi connectivity index (χ4n) is 2.73. The van der Waals surface area contributed by atoms with E-state index in [1.807, 2.05) is 26.0 Å². The van der Waals surface area contributed by atoms with Gasteiger partial charge in [-0.1, -0.05) is 11.3 Å². The fourth-order valence-corrected chi connectivity index (χ4v) is 2.73. The minimum Gasteiger partial charge on any atom is -0.365 e. The summed E-state index contributed by atoms with van der Waals surface area (Å²) in [4.78, 5) is 30.7. The van der Waals surface area contributed by atoms with Crippen molar-refractivity contribution >= 4 is 11.8 Å². The number of aromatic nitrogens is 4. The van der Waals surface area contributed by atoms with Crippen LogP contribution in [0.3, 0.4) is 0 Å². The molecule has 0 spiro atoms. The molecule has 1 saturated heterocycles. The highest BCUT2D eigenvalue weighted by Gasteiger charge is 2.29. The Balaban J connectivity index is 1.53. The number of ether oxygens (including phenoxy) is 1. The maximum absolute atomic E-state index is 12.4. The van der Waals surface area contributed by atoms with E-state index < -0.39 is 6.10 Å². The first-order valence-electron chi connectivity index (χ1n) is 8.47. The molecule has 1 atom stereocenters. The maximum atomic E-state index is 12.4. The normalized spacial score (nSPS) is 17.2. The number of carbonyl (C=O) groups excluding carboxylic acids is 2. The molecular weight excluding hydrogens is 336 g/mol. The molecule has 0 saturated carbocycles. The lowest BCUT2D eigenvalue weighted by Gasteiger charge is -2.32. The molecule has 0 aromatic carbocycles. The number of rotatable bonds is 5. The Labute approximate surface area is 151 Å². The summed E-state index contributed by atoms with van der Waals surface area (Å²) in [6.45, 7) is 5.18. The molecule has 1 fully saturated rings. The van der Waals surface area contributed by atoms with Crippen molar-refractivity contribution in [3.05, 3.63) is 41.5 Å². The molecule has 2 amide bonds. The molecule has 0 radical (unpaired) electrons. The van der Waals surface area contributed by atoms with Crippen LogP contribution in [0.15, 0.2) is 24.5 Å². The van der Waals surface area contributed by atoms with Gasteiger partial charge in [-0.15, -0.1) is 5.10 Å². The standard InChI is InChI=1S/C17H22N6O3/c1-12-4-3-5-18-14(12)8-19-17(25)15-10-22(6-7-26-15)16(24)11-23-9-13(2)20-21-23/h3-5,9,15H,6-8,10-11H2,1-2H3,(H,19,25). The molecule has 1 unspecified atom stereocenters. The van der Waals surface area contributed by atoms with Crippen LogP contribution in [-0.4, -0.2) is 62.5 Å². The summed E-state index contributed by atoms with van der Waals surface area (Å²) >= 11 is 0. The second kappa shape index (κ2) is 8.05. The Hall–Kier alpha value is -2.81. The Bertz CT molecular complexity index is 790. The molecule has 26 heavy (non-hydrogen) atoms. The van der Waals surface area contributed by atoms with Crippen molar-refractivity contribution in [2.75, 3.05) is 19.7 Å². The smallest absolute Gasteiger partial charge is 0.251 e. The zero-order valence-corrected chi connectivity index (χ0v) is 14.9. The Morgan fingerprint density at radius 2 is 2.23 bits per heavy atom. The average Bonchev–Trinajstić information content (AvgIpc) is 3.05. The third-order valence-electron chi connectivity index (χ3n) is 4.21. The first-order valence-corrected chi connectivity index (χ1v) is 8.47. The number of nitrogens with zero attached hydrogens (tertiary/aromatic N) is 5. The predicted octanol–water partition coefficient (Wildman–Crippen LogP) is -0.166. The quantitative estimate of drug-likeness (QED) is 0.796. The van der Waals surface area contributed by atoms with E-state index in [-0.39, 0.29) is 24.9 Å². The summed E-state index contributed by atoms with van der Waals surface area (Å²) in [5.74, 6) is -0.360. The molecule has 3 heterocycles. The molecule has 138 valence electrons. The van der Waals surface area contributed by atoms with Gasteiger partial charge in [0, 0.05) is 18.9 Å². The van der Waals surface area contributed by atoms with E-state index in [1.165, 1.54) is 4.68 Å². The first kappa shape index (κ1) is 18.0. The second-order valence-corrected chi connectivity index (χ2v) is 6.24. The second-order valence-electron chi connectivity index (χ2n) is 6.24. The van der Waals surface area contributed by atoms with Crippen molar-refractivity contribution in [2.45, 2.75) is 33.0 Å². The third-order valence-corrected chi connectivity index (χ3v) is 4.21. The van der Waals surface area contributed by atoms with Gasteiger partial charge < -0.3 is 15.0 Å². The lowest BCUT2D eigenvalue weighted by atomic mass is 10.2. The van der Waals surface area contributed by atoms with E-state index in [4.69, 9.17) is 4.74 Å². The summed E-state index contributed by atoms with van der Waals surface area (Å²) in [7, 11) is 0. The summed E-state index contributed by atoms with van der Waals surface area (Å²) in [6, 6.07) is 3.79. The number of nitrogens with one attached hydrogen (secondary N) is 1. The Morgan fingerprint density at radius 3 is 2.96 bits per heavy atom. The first-order chi connectivity index (χ1) is 12.5. The molecule has 3 rings (SSSR count). The minimum absolute atomic E-state index is 0.0995. The van der Waals surface area contributed by atoms with Crippen molar-refractivity contribution in [2.24, 2.45) is 0 Å². The molecule has 1 aliphatic rings. The highest BCUT2D eigenvalue weighted by Crippen LogP contribution is 2.08. The van der Waals surface area contributed by atoms with Gasteiger partial charge in [-0.05, 0) is 25.5 Å². The van der Waals surface area contributed by atoms with Gasteiger partial charge in [0.05, 0.1) is 31.1 Å². The SMILES string of the molecule is Cc1cn(CC(=O)N2CCOC(C(=O)NCc3ncccc3C)C2)nn1. The van der Waals surface area contributed by atoms with Crippen LogP contribution in [0.5, 0.6) is 0 Å². The molecule has 9 heteroatoms. The molecule has 1 aliphatic heterocycles. The zero-order chi connectivity index (χ0) is 18.5. The van der Waals surface area contributed by atoms with Crippen LogP contribution < -0.4 is 5.32 Å². The number of hydrogen-bond donors (Lipinski definition) is 1. The molecular formula is C17H22N6O3. The fraction of sp³-hybridized carbons (Fsp3) is 0.471. The van der Waals surface area contributed by atoms with Crippen molar-refractivity contribution in [3.63, 3.8) is 0 Å². The van der Waals surface area contributed by atoms with Crippen molar-refractivity contribution < 1.29 is 14.3 Å². The highest BCUT2D eigenvalue weighted by molar-refractivity contribution is 5.83. The van der Waals surface area contributed by atoms with E-state index in [1.54, 1.807) is 17.3 Å². The van der Waals surface area contributed by atoms with Gasteiger partial charge in [-0.25, -0.2) is 4.68 Å². The monoisotopic (exact) mass is 358 g/mol. The molecule has 9 nitrogen and oxygen atoms in total. The largest absolute Gasteiger partial charge is 0.365 e. The van der Waals surface area contributed by atoms with Crippen LogP contribution in [0.1, 0.15) is 17.0 Å². The zero-order valence-electron chi connectivity index (χ0n) is 14.9. The van der Waals surface area contributed by atoms with E-state index in [0.29, 0.717) is 19.7 Å². The number of hydrogen-bond acceptors (Lipinski definition) is 6. The predicted molar refractivity (Wildman–Crippen MR) is 91.9 cm³/mol. The van der Waals surface area contributed by atoms with Gasteiger partial charge in [-0.2, -0.15) is 0 Å². The number of amides is 2. The molecule has 1 N–H and O–H groups in total. The molecule has 2 aromatic rings. The Morgan fingerprint density at radius 1 is 1.38 bits per heavy atom. The Kier molecular flexibility index (Phi) is 5.57. The lowest BCUT2D eigenvalue weighted by molar-refractivity contribution is -0.147. The topological polar surface area (TPSA) is 102 Å². The van der Waals surface area contributed by atoms with Gasteiger partial charge >= 0.3 is 0 Å². The summed E-state index contributed by atoms with van der Waals surface area (Å²) in [6.07, 6.45) is 2.71. The lowest BCUT2D eigenvalue weighted by Crippen LogP contribution is -2.52. The van der Waals surface area contributed by atoms with E-state index in [2.05, 4.69) is 20.6 Å². The van der Waals surface area contributed by atoms with Crippen LogP contribution in [0.2, 0.25) is 0 Å². The van der Waals surface area contributed by atoms with Gasteiger partial charge in [-0.3, -0.25) is 14.6 Å². The summed E-state index contributed by atoms with van der Waals surface area (Å²) < 4.78 is 7.02. The van der Waals surface area contributed by atoms with Crippen molar-refractivity contribution in [1.29, 1.82) is 0 Å². The number of aryl methyl sites for hydroxylation is 2. The molecule has 0 aliphatic carbocycles. The van der Waals surface area contributed by atoms with Crippen molar-refractivity contribution in [1.82, 2.24) is 30.2 Å². The summed E-state index contributed by atoms with van der Waals surface area (Å²) in [5.41, 5.74) is 2.57. The van der Waals surface area contributed by atoms with Crippen LogP contribution in [-0.2, 0) is 27.4 Å². The minimum atomic E-state index is -0.686. The van der Waals surface area contributed by atoms with Crippen LogP contribution in [0.25, 0.3) is 0 Å². The van der Waals surface area contributed by atoms with Gasteiger partial charge in [0.25, 0.3) is 5.91 Å². The van der Waals surface area contributed by atoms with Gasteiger partial charge in [0.15, 0.2) is 6.10 Å². The number of morpholine rings is 1. The van der Waals surface area contributed by atoms with Crippen LogP contribution in [0.4, 0.5) is 0 Å². The summed E-state index contributed by atoms with van der Waals surface area (Å²) in [5, 5.41) is 10.6. The van der Waals surface area contributed by atoms with Gasteiger partial charge in [0.2, 0.25) is 5.91 Å². The molecule has 2 aromatic heterocycles. The number of pyridine rings is 1. The van der Waals surface area contributed by atoms with E-state index in [9.17, 15) is 9.59 Å². The van der Waals surface area contributed by atoms with Crippen LogP contribution >= 0.6 is 0 Å². The average molecular weight is 358 g/mol.